The molecule has 0 amide bonds. The average Bonchev–Trinajstić information content (AvgIpc) is 2.61. The van der Waals surface area contributed by atoms with E-state index in [2.05, 4.69) is 4.98 Å². The Bertz CT molecular complexity index is 306. The summed E-state index contributed by atoms with van der Waals surface area (Å²) in [6.45, 7) is 3.69. The van der Waals surface area contributed by atoms with Gasteiger partial charge in [-0.25, -0.2) is 0 Å². The van der Waals surface area contributed by atoms with Crippen molar-refractivity contribution in [2.45, 2.75) is 19.3 Å². The van der Waals surface area contributed by atoms with E-state index in [1.807, 2.05) is 13.0 Å². The number of nitrogens with two attached hydrogens (primary N) is 1. The van der Waals surface area contributed by atoms with E-state index in [4.69, 9.17) is 10.5 Å². The molecule has 1 aromatic heterocycles. The van der Waals surface area contributed by atoms with Gasteiger partial charge in [0.05, 0.1) is 18.5 Å². The summed E-state index contributed by atoms with van der Waals surface area (Å²) in [5.74, 6) is 0.496. The Kier molecular flexibility index (Phi) is 2.19. The minimum Gasteiger partial charge on any atom is -0.397 e. The standard InChI is InChI=1S/C10H14N2O/c1-7-10(4-9(11)5-12-7)8-2-3-13-6-8/h4-5,8H,2-3,6,11H2,1H3. The number of ether oxygens (including phenoxy) is 1. The number of hydrogen-bond donors (Lipinski definition) is 1. The SMILES string of the molecule is Cc1ncc(N)cc1C1CCOC1. The fourth-order valence-electron chi connectivity index (χ4n) is 1.76. The molecule has 2 N–H and O–H groups in total. The molecule has 0 aliphatic carbocycles. The van der Waals surface area contributed by atoms with Crippen molar-refractivity contribution >= 4 is 5.69 Å². The summed E-state index contributed by atoms with van der Waals surface area (Å²) < 4.78 is 5.34. The molecule has 3 nitrogen and oxygen atoms in total. The highest BCUT2D eigenvalue weighted by Gasteiger charge is 2.19. The van der Waals surface area contributed by atoms with Crippen LogP contribution in [0.25, 0.3) is 0 Å². The van der Waals surface area contributed by atoms with Gasteiger partial charge in [-0.2, -0.15) is 0 Å². The summed E-state index contributed by atoms with van der Waals surface area (Å²) in [5.41, 5.74) is 8.76. The van der Waals surface area contributed by atoms with Crippen molar-refractivity contribution < 1.29 is 4.74 Å². The van der Waals surface area contributed by atoms with E-state index in [1.54, 1.807) is 6.20 Å². The highest BCUT2D eigenvalue weighted by Crippen LogP contribution is 2.27. The molecule has 1 fully saturated rings. The first-order valence-electron chi connectivity index (χ1n) is 4.57. The lowest BCUT2D eigenvalue weighted by Crippen LogP contribution is -2.03. The second-order valence-electron chi connectivity index (χ2n) is 3.50. The van der Waals surface area contributed by atoms with Crippen molar-refractivity contribution in [1.29, 1.82) is 0 Å². The number of nitrogen functional groups attached to an aromatic ring is 1. The minimum absolute atomic E-state index is 0.496. The second kappa shape index (κ2) is 3.34. The molecule has 1 saturated heterocycles. The van der Waals surface area contributed by atoms with Crippen LogP contribution in [0.15, 0.2) is 12.3 Å². The molecule has 1 aliphatic rings. The quantitative estimate of drug-likeness (QED) is 0.708. The highest BCUT2D eigenvalue weighted by atomic mass is 16.5. The Morgan fingerprint density at radius 3 is 3.15 bits per heavy atom. The highest BCUT2D eigenvalue weighted by molar-refractivity contribution is 5.41. The largest absolute Gasteiger partial charge is 0.397 e. The van der Waals surface area contributed by atoms with Gasteiger partial charge >= 0.3 is 0 Å². The molecule has 1 aliphatic heterocycles. The van der Waals surface area contributed by atoms with E-state index in [9.17, 15) is 0 Å². The number of anilines is 1. The summed E-state index contributed by atoms with van der Waals surface area (Å²) in [6, 6.07) is 2.02. The molecule has 0 bridgehead atoms. The third kappa shape index (κ3) is 1.65. The number of nitrogens with zero attached hydrogens (tertiary/aromatic N) is 1. The van der Waals surface area contributed by atoms with Crippen molar-refractivity contribution in [1.82, 2.24) is 4.98 Å². The molecule has 2 heterocycles. The molecule has 1 atom stereocenters. The van der Waals surface area contributed by atoms with Crippen LogP contribution in [-0.4, -0.2) is 18.2 Å². The zero-order valence-electron chi connectivity index (χ0n) is 7.79. The van der Waals surface area contributed by atoms with Crippen molar-refractivity contribution in [2.75, 3.05) is 18.9 Å². The van der Waals surface area contributed by atoms with Crippen LogP contribution in [-0.2, 0) is 4.74 Å². The molecular formula is C10H14N2O. The van der Waals surface area contributed by atoms with Gasteiger partial charge in [-0.15, -0.1) is 0 Å². The third-order valence-electron chi connectivity index (χ3n) is 2.52. The van der Waals surface area contributed by atoms with E-state index in [0.717, 1.165) is 31.0 Å². The van der Waals surface area contributed by atoms with Crippen LogP contribution in [0.2, 0.25) is 0 Å². The first-order chi connectivity index (χ1) is 6.27. The third-order valence-corrected chi connectivity index (χ3v) is 2.52. The molecular weight excluding hydrogens is 164 g/mol. The number of aromatic nitrogens is 1. The lowest BCUT2D eigenvalue weighted by Gasteiger charge is -2.10. The Balaban J connectivity index is 2.32. The maximum absolute atomic E-state index is 5.69. The summed E-state index contributed by atoms with van der Waals surface area (Å²) >= 11 is 0. The van der Waals surface area contributed by atoms with Crippen LogP contribution in [0.5, 0.6) is 0 Å². The first kappa shape index (κ1) is 8.51. The van der Waals surface area contributed by atoms with Gasteiger partial charge in [-0.3, -0.25) is 4.98 Å². The van der Waals surface area contributed by atoms with Gasteiger partial charge in [0, 0.05) is 18.2 Å². The Morgan fingerprint density at radius 1 is 1.62 bits per heavy atom. The number of rotatable bonds is 1. The van der Waals surface area contributed by atoms with Gasteiger partial charge in [0.15, 0.2) is 0 Å². The molecule has 0 spiro atoms. The first-order valence-corrected chi connectivity index (χ1v) is 4.57. The van der Waals surface area contributed by atoms with Gasteiger partial charge in [0.2, 0.25) is 0 Å². The summed E-state index contributed by atoms with van der Waals surface area (Å²) in [6.07, 6.45) is 2.79. The van der Waals surface area contributed by atoms with Crippen LogP contribution in [0, 0.1) is 6.92 Å². The smallest absolute Gasteiger partial charge is 0.0536 e. The zero-order chi connectivity index (χ0) is 9.26. The van der Waals surface area contributed by atoms with E-state index in [-0.39, 0.29) is 0 Å². The van der Waals surface area contributed by atoms with Crippen LogP contribution >= 0.6 is 0 Å². The van der Waals surface area contributed by atoms with Gasteiger partial charge in [0.1, 0.15) is 0 Å². The van der Waals surface area contributed by atoms with E-state index in [0.29, 0.717) is 5.92 Å². The second-order valence-corrected chi connectivity index (χ2v) is 3.50. The number of pyridine rings is 1. The van der Waals surface area contributed by atoms with Gasteiger partial charge in [-0.1, -0.05) is 0 Å². The van der Waals surface area contributed by atoms with Gasteiger partial charge < -0.3 is 10.5 Å². The summed E-state index contributed by atoms with van der Waals surface area (Å²) in [7, 11) is 0. The van der Waals surface area contributed by atoms with Crippen molar-refractivity contribution in [3.05, 3.63) is 23.5 Å². The molecule has 3 heteroatoms. The predicted octanol–water partition coefficient (Wildman–Crippen LogP) is 1.48. The molecule has 1 aromatic rings. The van der Waals surface area contributed by atoms with Crippen LogP contribution in [0.3, 0.4) is 0 Å². The monoisotopic (exact) mass is 178 g/mol. The summed E-state index contributed by atoms with van der Waals surface area (Å²) in [4.78, 5) is 4.24. The summed E-state index contributed by atoms with van der Waals surface area (Å²) in [5, 5.41) is 0. The Hall–Kier alpha value is -1.09. The Labute approximate surface area is 77.9 Å². The topological polar surface area (TPSA) is 48.1 Å². The lowest BCUT2D eigenvalue weighted by molar-refractivity contribution is 0.194. The van der Waals surface area contributed by atoms with Crippen molar-refractivity contribution in [3.8, 4) is 0 Å². The maximum Gasteiger partial charge on any atom is 0.0536 e. The fourth-order valence-corrected chi connectivity index (χ4v) is 1.76. The van der Waals surface area contributed by atoms with Crippen LogP contribution in [0.4, 0.5) is 5.69 Å². The van der Waals surface area contributed by atoms with Crippen molar-refractivity contribution in [2.24, 2.45) is 0 Å². The minimum atomic E-state index is 0.496. The average molecular weight is 178 g/mol. The molecule has 70 valence electrons. The number of hydrogen-bond acceptors (Lipinski definition) is 3. The lowest BCUT2D eigenvalue weighted by atomic mass is 9.97. The van der Waals surface area contributed by atoms with Gasteiger partial charge in [-0.05, 0) is 25.0 Å². The van der Waals surface area contributed by atoms with E-state index >= 15 is 0 Å². The fraction of sp³-hybridized carbons (Fsp3) is 0.500. The predicted molar refractivity (Wildman–Crippen MR) is 51.6 cm³/mol. The molecule has 0 aromatic carbocycles. The normalized spacial score (nSPS) is 22.1. The maximum atomic E-state index is 5.69. The molecule has 0 radical (unpaired) electrons. The molecule has 2 rings (SSSR count). The number of aryl methyl sites for hydroxylation is 1. The zero-order valence-corrected chi connectivity index (χ0v) is 7.79. The van der Waals surface area contributed by atoms with Crippen LogP contribution < -0.4 is 5.73 Å². The molecule has 0 saturated carbocycles. The van der Waals surface area contributed by atoms with Crippen LogP contribution in [0.1, 0.15) is 23.6 Å². The molecule has 13 heavy (non-hydrogen) atoms. The van der Waals surface area contributed by atoms with Gasteiger partial charge in [0.25, 0.3) is 0 Å². The van der Waals surface area contributed by atoms with E-state index < -0.39 is 0 Å². The molecule has 1 unspecified atom stereocenters. The van der Waals surface area contributed by atoms with Crippen molar-refractivity contribution in [3.63, 3.8) is 0 Å². The Morgan fingerprint density at radius 2 is 2.46 bits per heavy atom. The van der Waals surface area contributed by atoms with E-state index in [1.165, 1.54) is 5.56 Å².